The highest BCUT2D eigenvalue weighted by molar-refractivity contribution is 5.94. The highest BCUT2D eigenvalue weighted by Gasteiger charge is 2.33. The maximum absolute atomic E-state index is 12.2. The molecule has 1 amide bonds. The number of nitrogens with zero attached hydrogens (tertiary/aromatic N) is 3. The molecule has 0 atom stereocenters. The fourth-order valence-electron chi connectivity index (χ4n) is 2.64. The zero-order valence-corrected chi connectivity index (χ0v) is 12.4. The Labute approximate surface area is 133 Å². The Kier molecular flexibility index (Phi) is 3.38. The van der Waals surface area contributed by atoms with Gasteiger partial charge in [0.15, 0.2) is 0 Å². The molecule has 1 aliphatic rings. The molecule has 0 aliphatic carbocycles. The number of fused-ring (bicyclic) bond motifs is 1. The molecule has 0 saturated carbocycles. The molecule has 23 heavy (non-hydrogen) atoms. The largest absolute Gasteiger partial charge is 0.471 e. The summed E-state index contributed by atoms with van der Waals surface area (Å²) in [7, 11) is 0. The van der Waals surface area contributed by atoms with E-state index in [1.165, 1.54) is 0 Å². The van der Waals surface area contributed by atoms with E-state index in [0.29, 0.717) is 24.5 Å². The second-order valence-electron chi connectivity index (χ2n) is 5.53. The van der Waals surface area contributed by atoms with Crippen LogP contribution in [0.4, 0.5) is 0 Å². The predicted molar refractivity (Wildman–Crippen MR) is 86.3 cm³/mol. The number of pyridine rings is 2. The topological polar surface area (TPSA) is 55.3 Å². The zero-order chi connectivity index (χ0) is 15.6. The molecule has 1 saturated heterocycles. The first kappa shape index (κ1) is 13.7. The van der Waals surface area contributed by atoms with Gasteiger partial charge in [-0.25, -0.2) is 4.98 Å². The summed E-state index contributed by atoms with van der Waals surface area (Å²) < 4.78 is 5.86. The van der Waals surface area contributed by atoms with Gasteiger partial charge in [0, 0.05) is 29.4 Å². The second-order valence-corrected chi connectivity index (χ2v) is 5.53. The summed E-state index contributed by atoms with van der Waals surface area (Å²) in [6, 6.07) is 15.2. The number of carbonyl (C=O) groups is 1. The normalized spacial score (nSPS) is 14.5. The van der Waals surface area contributed by atoms with Crippen LogP contribution in [0.2, 0.25) is 0 Å². The first-order chi connectivity index (χ1) is 11.3. The molecule has 0 bridgehead atoms. The third-order valence-corrected chi connectivity index (χ3v) is 3.92. The molecular formula is C18H15N3O2. The Morgan fingerprint density at radius 3 is 2.65 bits per heavy atom. The van der Waals surface area contributed by atoms with Gasteiger partial charge < -0.3 is 9.64 Å². The molecule has 2 aromatic heterocycles. The summed E-state index contributed by atoms with van der Waals surface area (Å²) in [5.41, 5.74) is 1.57. The standard InChI is InChI=1S/C18H15N3O2/c22-18(14-7-9-19-10-8-14)21-11-15(12-21)23-17-6-5-13-3-1-2-4-16(13)20-17/h1-10,15H,11-12H2. The number of rotatable bonds is 3. The lowest BCUT2D eigenvalue weighted by Crippen LogP contribution is -2.56. The van der Waals surface area contributed by atoms with Gasteiger partial charge in [-0.1, -0.05) is 18.2 Å². The minimum absolute atomic E-state index is 0.00514. The molecule has 0 unspecified atom stereocenters. The molecular weight excluding hydrogens is 290 g/mol. The van der Waals surface area contributed by atoms with Gasteiger partial charge >= 0.3 is 0 Å². The Hall–Kier alpha value is -2.95. The van der Waals surface area contributed by atoms with Crippen LogP contribution in [-0.4, -0.2) is 40.0 Å². The van der Waals surface area contributed by atoms with E-state index in [1.54, 1.807) is 29.4 Å². The number of hydrogen-bond donors (Lipinski definition) is 0. The Bertz CT molecular complexity index is 845. The predicted octanol–water partition coefficient (Wildman–Crippen LogP) is 2.53. The molecule has 114 valence electrons. The highest BCUT2D eigenvalue weighted by Crippen LogP contribution is 2.21. The molecule has 5 nitrogen and oxygen atoms in total. The van der Waals surface area contributed by atoms with Crippen molar-refractivity contribution < 1.29 is 9.53 Å². The molecule has 3 heterocycles. The van der Waals surface area contributed by atoms with E-state index < -0.39 is 0 Å². The Balaban J connectivity index is 1.39. The van der Waals surface area contributed by atoms with Gasteiger partial charge in [0.1, 0.15) is 6.10 Å². The van der Waals surface area contributed by atoms with Crippen molar-refractivity contribution in [1.29, 1.82) is 0 Å². The molecule has 0 radical (unpaired) electrons. The van der Waals surface area contributed by atoms with Crippen molar-refractivity contribution in [2.75, 3.05) is 13.1 Å². The van der Waals surface area contributed by atoms with Crippen LogP contribution in [0.5, 0.6) is 5.88 Å². The van der Waals surface area contributed by atoms with Crippen LogP contribution in [0.15, 0.2) is 60.9 Å². The van der Waals surface area contributed by atoms with Crippen molar-refractivity contribution in [3.63, 3.8) is 0 Å². The van der Waals surface area contributed by atoms with Crippen molar-refractivity contribution in [3.8, 4) is 5.88 Å². The maximum Gasteiger partial charge on any atom is 0.254 e. The van der Waals surface area contributed by atoms with Crippen LogP contribution < -0.4 is 4.74 Å². The van der Waals surface area contributed by atoms with Crippen LogP contribution in [0.3, 0.4) is 0 Å². The zero-order valence-electron chi connectivity index (χ0n) is 12.4. The lowest BCUT2D eigenvalue weighted by molar-refractivity contribution is 0.0161. The van der Waals surface area contributed by atoms with E-state index in [-0.39, 0.29) is 12.0 Å². The van der Waals surface area contributed by atoms with Gasteiger partial charge in [0.2, 0.25) is 5.88 Å². The fraction of sp³-hybridized carbons (Fsp3) is 0.167. The summed E-state index contributed by atoms with van der Waals surface area (Å²) in [6.07, 6.45) is 3.24. The van der Waals surface area contributed by atoms with Crippen molar-refractivity contribution >= 4 is 16.8 Å². The number of likely N-dealkylation sites (tertiary alicyclic amines) is 1. The van der Waals surface area contributed by atoms with Gasteiger partial charge in [-0.3, -0.25) is 9.78 Å². The van der Waals surface area contributed by atoms with E-state index in [0.717, 1.165) is 10.9 Å². The van der Waals surface area contributed by atoms with Crippen LogP contribution in [0.25, 0.3) is 10.9 Å². The van der Waals surface area contributed by atoms with E-state index in [2.05, 4.69) is 9.97 Å². The highest BCUT2D eigenvalue weighted by atomic mass is 16.5. The van der Waals surface area contributed by atoms with Crippen LogP contribution >= 0.6 is 0 Å². The third-order valence-electron chi connectivity index (χ3n) is 3.92. The minimum Gasteiger partial charge on any atom is -0.471 e. The van der Waals surface area contributed by atoms with Crippen molar-refractivity contribution in [2.24, 2.45) is 0 Å². The molecule has 0 spiro atoms. The SMILES string of the molecule is O=C(c1ccncc1)N1CC(Oc2ccc3ccccc3n2)C1. The first-order valence-corrected chi connectivity index (χ1v) is 7.51. The van der Waals surface area contributed by atoms with Crippen LogP contribution in [0.1, 0.15) is 10.4 Å². The number of carbonyl (C=O) groups excluding carboxylic acids is 1. The van der Waals surface area contributed by atoms with Gasteiger partial charge in [0.25, 0.3) is 5.91 Å². The smallest absolute Gasteiger partial charge is 0.254 e. The quantitative estimate of drug-likeness (QED) is 0.746. The molecule has 0 N–H and O–H groups in total. The molecule has 1 fully saturated rings. The summed E-state index contributed by atoms with van der Waals surface area (Å²) >= 11 is 0. The van der Waals surface area contributed by atoms with Crippen molar-refractivity contribution in [3.05, 3.63) is 66.5 Å². The summed E-state index contributed by atoms with van der Waals surface area (Å²) in [6.45, 7) is 1.16. The van der Waals surface area contributed by atoms with Gasteiger partial charge in [0.05, 0.1) is 18.6 Å². The lowest BCUT2D eigenvalue weighted by Gasteiger charge is -2.38. The number of aromatic nitrogens is 2. The second kappa shape index (κ2) is 5.68. The Morgan fingerprint density at radius 2 is 1.83 bits per heavy atom. The van der Waals surface area contributed by atoms with Crippen molar-refractivity contribution in [1.82, 2.24) is 14.9 Å². The molecule has 3 aromatic rings. The number of para-hydroxylation sites is 1. The monoisotopic (exact) mass is 305 g/mol. The summed E-state index contributed by atoms with van der Waals surface area (Å²) in [5, 5.41) is 1.09. The van der Waals surface area contributed by atoms with E-state index in [4.69, 9.17) is 4.74 Å². The number of ether oxygens (including phenoxy) is 1. The fourth-order valence-corrected chi connectivity index (χ4v) is 2.64. The van der Waals surface area contributed by atoms with Crippen LogP contribution in [0, 0.1) is 0 Å². The molecule has 5 heteroatoms. The minimum atomic E-state index is -0.00514. The molecule has 1 aromatic carbocycles. The average Bonchev–Trinajstić information content (AvgIpc) is 2.58. The van der Waals surface area contributed by atoms with Gasteiger partial charge in [-0.15, -0.1) is 0 Å². The first-order valence-electron chi connectivity index (χ1n) is 7.51. The van der Waals surface area contributed by atoms with E-state index >= 15 is 0 Å². The lowest BCUT2D eigenvalue weighted by atomic mass is 10.1. The number of benzene rings is 1. The van der Waals surface area contributed by atoms with Gasteiger partial charge in [-0.05, 0) is 24.3 Å². The third kappa shape index (κ3) is 2.73. The summed E-state index contributed by atoms with van der Waals surface area (Å²) in [5.74, 6) is 0.614. The molecule has 1 aliphatic heterocycles. The van der Waals surface area contributed by atoms with Crippen LogP contribution in [-0.2, 0) is 0 Å². The van der Waals surface area contributed by atoms with E-state index in [9.17, 15) is 4.79 Å². The van der Waals surface area contributed by atoms with Gasteiger partial charge in [-0.2, -0.15) is 0 Å². The molecule has 4 rings (SSSR count). The van der Waals surface area contributed by atoms with Crippen molar-refractivity contribution in [2.45, 2.75) is 6.10 Å². The maximum atomic E-state index is 12.2. The number of hydrogen-bond acceptors (Lipinski definition) is 4. The number of amides is 1. The average molecular weight is 305 g/mol. The Morgan fingerprint density at radius 1 is 1.04 bits per heavy atom. The van der Waals surface area contributed by atoms with E-state index in [1.807, 2.05) is 36.4 Å². The summed E-state index contributed by atoms with van der Waals surface area (Å²) in [4.78, 5) is 22.4.